The Morgan fingerprint density at radius 1 is 1.26 bits per heavy atom. The van der Waals surface area contributed by atoms with Gasteiger partial charge < -0.3 is 10.2 Å². The molecule has 2 aromatic carbocycles. The van der Waals surface area contributed by atoms with E-state index < -0.39 is 94.4 Å². The molecule has 0 aliphatic heterocycles. The number of nitrogens with zero attached hydrogens (tertiary/aromatic N) is 5. The summed E-state index contributed by atoms with van der Waals surface area (Å²) in [4.78, 5) is 7.71. The van der Waals surface area contributed by atoms with E-state index >= 15 is 0 Å². The predicted octanol–water partition coefficient (Wildman–Crippen LogP) is 3.14. The normalized spacial score (nSPS) is 20.4. The number of aromatic nitrogens is 4. The fourth-order valence-electron chi connectivity index (χ4n) is 2.61. The number of aryl methyl sites for hydroxylation is 3. The first kappa shape index (κ1) is 9.33. The van der Waals surface area contributed by atoms with E-state index in [0.29, 0.717) is 4.90 Å². The number of nitrogens with two attached hydrogens (primary N) is 1. The zero-order valence-corrected chi connectivity index (χ0v) is 16.2. The van der Waals surface area contributed by atoms with E-state index in [2.05, 4.69) is 20.4 Å². The highest BCUT2D eigenvalue weighted by molar-refractivity contribution is 7.89. The first-order chi connectivity index (χ1) is 20.7. The minimum atomic E-state index is -4.52. The van der Waals surface area contributed by atoms with Crippen molar-refractivity contribution in [1.29, 1.82) is 0 Å². The van der Waals surface area contributed by atoms with Gasteiger partial charge in [-0.15, -0.1) is 0 Å². The maximum Gasteiger partial charge on any atom is 0.238 e. The fraction of sp³-hybridized carbons (Fsp3) is 0.190. The summed E-state index contributed by atoms with van der Waals surface area (Å²) in [5.74, 6) is -0.856. The molecule has 3 N–H and O–H groups in total. The topological polar surface area (TPSA) is 119 Å². The summed E-state index contributed by atoms with van der Waals surface area (Å²) in [6.07, 6.45) is 1.06. The van der Waals surface area contributed by atoms with Gasteiger partial charge in [0.1, 0.15) is 5.82 Å². The Morgan fingerprint density at radius 3 is 2.90 bits per heavy atom. The Labute approximate surface area is 201 Å². The molecule has 0 bridgehead atoms. The van der Waals surface area contributed by atoms with E-state index in [-0.39, 0.29) is 16.3 Å². The van der Waals surface area contributed by atoms with Crippen molar-refractivity contribution in [3.05, 3.63) is 59.8 Å². The molecule has 4 rings (SSSR count). The summed E-state index contributed by atoms with van der Waals surface area (Å²) in [5, 5.41) is 10.9. The molecule has 31 heavy (non-hydrogen) atoms. The van der Waals surface area contributed by atoms with E-state index in [0.717, 1.165) is 24.4 Å². The smallest absolute Gasteiger partial charge is 0.238 e. The Hall–Kier alpha value is -3.50. The Kier molecular flexibility index (Phi) is 2.30. The van der Waals surface area contributed by atoms with Gasteiger partial charge in [-0.25, -0.2) is 18.5 Å². The predicted molar refractivity (Wildman–Crippen MR) is 121 cm³/mol. The summed E-state index contributed by atoms with van der Waals surface area (Å²) in [6, 6.07) is 1.40. The molecule has 0 saturated heterocycles. The first-order valence-corrected chi connectivity index (χ1v) is 9.90. The quantitative estimate of drug-likeness (QED) is 0.477. The van der Waals surface area contributed by atoms with E-state index in [1.54, 1.807) is 0 Å². The average molecular weight is 453 g/mol. The van der Waals surface area contributed by atoms with E-state index in [1.807, 2.05) is 0 Å². The molecule has 0 saturated carbocycles. The van der Waals surface area contributed by atoms with Crippen molar-refractivity contribution in [1.82, 2.24) is 19.7 Å². The number of benzene rings is 2. The lowest BCUT2D eigenvalue weighted by Gasteiger charge is -2.19. The van der Waals surface area contributed by atoms with Gasteiger partial charge in [-0.05, 0) is 55.6 Å². The van der Waals surface area contributed by atoms with Crippen molar-refractivity contribution in [3.63, 3.8) is 0 Å². The zero-order valence-electron chi connectivity index (χ0n) is 30.4. The van der Waals surface area contributed by atoms with Crippen LogP contribution in [0.2, 0.25) is 0 Å². The maximum absolute atomic E-state index is 12.1. The largest absolute Gasteiger partial charge is 0.329 e. The van der Waals surface area contributed by atoms with Crippen molar-refractivity contribution in [2.75, 3.05) is 17.2 Å². The van der Waals surface area contributed by atoms with Crippen molar-refractivity contribution in [2.45, 2.75) is 18.6 Å². The van der Waals surface area contributed by atoms with Gasteiger partial charge in [0.15, 0.2) is 0 Å². The number of hydrogen-bond acceptors (Lipinski definition) is 7. The van der Waals surface area contributed by atoms with Crippen LogP contribution in [0.3, 0.4) is 0 Å². The molecule has 0 unspecified atom stereocenters. The van der Waals surface area contributed by atoms with Gasteiger partial charge >= 0.3 is 0 Å². The van der Waals surface area contributed by atoms with E-state index in [4.69, 9.17) is 25.7 Å². The van der Waals surface area contributed by atoms with Crippen LogP contribution >= 0.6 is 0 Å². The molecule has 10 heteroatoms. The van der Waals surface area contributed by atoms with Gasteiger partial charge in [-0.3, -0.25) is 4.68 Å². The number of sulfonamides is 1. The van der Waals surface area contributed by atoms with Crippen molar-refractivity contribution in [2.24, 2.45) is 12.1 Å². The molecular formula is C21H23N7O2S. The van der Waals surface area contributed by atoms with Gasteiger partial charge in [-0.2, -0.15) is 10.1 Å². The van der Waals surface area contributed by atoms with E-state index in [1.165, 1.54) is 6.07 Å². The Morgan fingerprint density at radius 2 is 2.16 bits per heavy atom. The standard InChI is InChI=1S/C21H23N7O2S/c1-13-5-6-15(11-19(13)31(22,29)30)24-21-23-10-9-20(25-21)27(3)16-7-8-17-14(2)28(4)26-18(17)12-16/h5-12H,1-4H3,(H2,22,29,30)(H,23,24,25)/i1D3,2D3,3D3,4D3,7D,8D,12D. The van der Waals surface area contributed by atoms with Crippen molar-refractivity contribution in [3.8, 4) is 0 Å². The maximum atomic E-state index is 12.1. The molecule has 0 aliphatic carbocycles. The molecule has 0 amide bonds. The lowest BCUT2D eigenvalue weighted by atomic mass is 10.2. The lowest BCUT2D eigenvalue weighted by Crippen LogP contribution is -2.14. The van der Waals surface area contributed by atoms with Gasteiger partial charge in [-0.1, -0.05) is 6.07 Å². The lowest BCUT2D eigenvalue weighted by molar-refractivity contribution is 0.597. The molecule has 0 aliphatic rings. The summed E-state index contributed by atoms with van der Waals surface area (Å²) in [7, 11) is -4.52. The van der Waals surface area contributed by atoms with Crippen LogP contribution in [0.25, 0.3) is 10.9 Å². The van der Waals surface area contributed by atoms with Crippen LogP contribution < -0.4 is 15.4 Å². The molecule has 9 nitrogen and oxygen atoms in total. The molecule has 160 valence electrons. The second-order valence-corrected chi connectivity index (χ2v) is 7.69. The number of primary sulfonamides is 1. The van der Waals surface area contributed by atoms with Gasteiger partial charge in [0, 0.05) is 59.1 Å². The van der Waals surface area contributed by atoms with Crippen LogP contribution in [0, 0.1) is 13.7 Å². The fourth-order valence-corrected chi connectivity index (χ4v) is 3.28. The number of fused-ring (bicyclic) bond motifs is 1. The van der Waals surface area contributed by atoms with Crippen molar-refractivity contribution < 1.29 is 29.0 Å². The van der Waals surface area contributed by atoms with Gasteiger partial charge in [0.05, 0.1) is 14.5 Å². The monoisotopic (exact) mass is 452 g/mol. The van der Waals surface area contributed by atoms with Gasteiger partial charge in [0.2, 0.25) is 16.0 Å². The number of anilines is 4. The second-order valence-electron chi connectivity index (χ2n) is 6.16. The third kappa shape index (κ3) is 4.07. The molecule has 0 atom stereocenters. The highest BCUT2D eigenvalue weighted by atomic mass is 32.2. The van der Waals surface area contributed by atoms with Crippen LogP contribution in [0.4, 0.5) is 23.1 Å². The summed E-state index contributed by atoms with van der Waals surface area (Å²) in [5.41, 5.74) is -3.01. The highest BCUT2D eigenvalue weighted by Gasteiger charge is 2.14. The number of nitrogens with one attached hydrogen (secondary N) is 1. The third-order valence-electron chi connectivity index (χ3n) is 4.07. The second kappa shape index (κ2) is 7.64. The Balaban J connectivity index is 1.92. The van der Waals surface area contributed by atoms with Gasteiger partial charge in [0.25, 0.3) is 0 Å². The summed E-state index contributed by atoms with van der Waals surface area (Å²) < 4.78 is 144. The Bertz CT molecular complexity index is 1950. The SMILES string of the molecule is [2H]c1c(N(c2ccnc(Nc3ccc(C([2H])([2H])[2H])c(S(N)(=O)=O)c3)n2)C([2H])([2H])[2H])c([2H])c2nn(C([2H])([2H])[2H])c(C([2H])([2H])[2H])c2c1[2H]. The molecule has 2 aromatic heterocycles. The molecule has 0 spiro atoms. The molecule has 0 radical (unpaired) electrons. The summed E-state index contributed by atoms with van der Waals surface area (Å²) >= 11 is 0. The molecule has 0 fully saturated rings. The summed E-state index contributed by atoms with van der Waals surface area (Å²) in [6.45, 7) is -12.4. The molecule has 2 heterocycles. The van der Waals surface area contributed by atoms with Crippen molar-refractivity contribution >= 4 is 44.1 Å². The first-order valence-electron chi connectivity index (χ1n) is 15.9. The zero-order chi connectivity index (χ0) is 34.9. The molecular weight excluding hydrogens is 414 g/mol. The average Bonchev–Trinajstić information content (AvgIpc) is 3.31. The number of rotatable bonds is 5. The minimum Gasteiger partial charge on any atom is -0.329 e. The van der Waals surface area contributed by atoms with Crippen LogP contribution in [0.1, 0.15) is 31.8 Å². The highest BCUT2D eigenvalue weighted by Crippen LogP contribution is 2.28. The van der Waals surface area contributed by atoms with Crippen LogP contribution in [0.15, 0.2) is 53.5 Å². The molecule has 4 aromatic rings. The third-order valence-corrected chi connectivity index (χ3v) is 5.02. The van der Waals surface area contributed by atoms with Crippen LogP contribution in [-0.2, 0) is 17.0 Å². The minimum absolute atomic E-state index is 0.0702. The number of hydrogen-bond donors (Lipinski definition) is 2. The van der Waals surface area contributed by atoms with Crippen LogP contribution in [0.5, 0.6) is 0 Å². The van der Waals surface area contributed by atoms with E-state index in [9.17, 15) is 8.42 Å². The van der Waals surface area contributed by atoms with Crippen LogP contribution in [-0.4, -0.2) is 35.1 Å².